The number of carbonyl (C=O) groups is 1. The van der Waals surface area contributed by atoms with Gasteiger partial charge in [-0.1, -0.05) is 12.1 Å². The Balaban J connectivity index is 2.04. The maximum atomic E-state index is 12.3. The Labute approximate surface area is 146 Å². The summed E-state index contributed by atoms with van der Waals surface area (Å²) in [5.74, 6) is 0.336. The van der Waals surface area contributed by atoms with Crippen molar-refractivity contribution in [1.29, 1.82) is 0 Å². The van der Waals surface area contributed by atoms with Crippen LogP contribution in [0.3, 0.4) is 0 Å². The molecular formula is C17H20N2O5S. The molecule has 0 fully saturated rings. The van der Waals surface area contributed by atoms with Crippen LogP contribution in [-0.4, -0.2) is 33.1 Å². The molecule has 7 nitrogen and oxygen atoms in total. The van der Waals surface area contributed by atoms with Crippen LogP contribution < -0.4 is 14.8 Å². The molecule has 0 saturated carbocycles. The molecule has 25 heavy (non-hydrogen) atoms. The van der Waals surface area contributed by atoms with Crippen molar-refractivity contribution in [3.63, 3.8) is 0 Å². The van der Waals surface area contributed by atoms with E-state index in [1.165, 1.54) is 38.3 Å². The van der Waals surface area contributed by atoms with Crippen LogP contribution in [0.1, 0.15) is 18.6 Å². The predicted octanol–water partition coefficient (Wildman–Crippen LogP) is 1.67. The first-order chi connectivity index (χ1) is 11.8. The lowest BCUT2D eigenvalue weighted by Crippen LogP contribution is -2.28. The normalized spacial score (nSPS) is 12.4. The smallest absolute Gasteiger partial charge is 0.240 e. The summed E-state index contributed by atoms with van der Waals surface area (Å²) in [5.41, 5.74) is 1.05. The third-order valence-electron chi connectivity index (χ3n) is 3.43. The van der Waals surface area contributed by atoms with Crippen LogP contribution in [0.5, 0.6) is 5.75 Å². The standard InChI is InChI=1S/C17H20N2O5S/c1-12(20)19-14-6-8-16(9-7-14)25(22,23)18-11-17(21)13-4-3-5-15(10-13)24-2/h3-10,17-18,21H,11H2,1-2H3,(H,19,20). The van der Waals surface area contributed by atoms with Gasteiger partial charge in [-0.3, -0.25) is 4.79 Å². The van der Waals surface area contributed by atoms with E-state index >= 15 is 0 Å². The molecule has 134 valence electrons. The van der Waals surface area contributed by atoms with Crippen molar-refractivity contribution in [1.82, 2.24) is 4.72 Å². The Kier molecular flexibility index (Phi) is 6.13. The first-order valence-corrected chi connectivity index (χ1v) is 8.99. The summed E-state index contributed by atoms with van der Waals surface area (Å²) >= 11 is 0. The molecule has 0 aromatic heterocycles. The Morgan fingerprint density at radius 2 is 1.88 bits per heavy atom. The van der Waals surface area contributed by atoms with Crippen molar-refractivity contribution in [2.45, 2.75) is 17.9 Å². The molecule has 0 spiro atoms. The SMILES string of the molecule is COc1cccc(C(O)CNS(=O)(=O)c2ccc(NC(C)=O)cc2)c1. The molecule has 2 rings (SSSR count). The molecule has 1 amide bonds. The number of sulfonamides is 1. The lowest BCUT2D eigenvalue weighted by Gasteiger charge is -2.14. The van der Waals surface area contributed by atoms with E-state index in [0.717, 1.165) is 0 Å². The molecule has 3 N–H and O–H groups in total. The monoisotopic (exact) mass is 364 g/mol. The van der Waals surface area contributed by atoms with Gasteiger partial charge in [0.25, 0.3) is 0 Å². The lowest BCUT2D eigenvalue weighted by molar-refractivity contribution is -0.114. The zero-order chi connectivity index (χ0) is 18.4. The van der Waals surface area contributed by atoms with Gasteiger partial charge in [-0.2, -0.15) is 0 Å². The highest BCUT2D eigenvalue weighted by Gasteiger charge is 2.17. The number of aliphatic hydroxyl groups excluding tert-OH is 1. The predicted molar refractivity (Wildman–Crippen MR) is 93.9 cm³/mol. The van der Waals surface area contributed by atoms with Crippen LogP contribution in [0.4, 0.5) is 5.69 Å². The van der Waals surface area contributed by atoms with E-state index in [1.54, 1.807) is 24.3 Å². The molecule has 1 atom stereocenters. The number of ether oxygens (including phenoxy) is 1. The number of anilines is 1. The Morgan fingerprint density at radius 3 is 2.48 bits per heavy atom. The number of hydrogen-bond donors (Lipinski definition) is 3. The highest BCUT2D eigenvalue weighted by molar-refractivity contribution is 7.89. The number of hydrogen-bond acceptors (Lipinski definition) is 5. The van der Waals surface area contributed by atoms with Crippen LogP contribution in [0.2, 0.25) is 0 Å². The summed E-state index contributed by atoms with van der Waals surface area (Å²) in [6, 6.07) is 12.5. The molecule has 0 bridgehead atoms. The number of carbonyl (C=O) groups excluding carboxylic acids is 1. The van der Waals surface area contributed by atoms with Crippen LogP contribution in [0.25, 0.3) is 0 Å². The molecular weight excluding hydrogens is 344 g/mol. The average Bonchev–Trinajstić information content (AvgIpc) is 2.59. The van der Waals surface area contributed by atoms with Gasteiger partial charge < -0.3 is 15.2 Å². The molecule has 2 aromatic carbocycles. The average molecular weight is 364 g/mol. The molecule has 0 saturated heterocycles. The maximum absolute atomic E-state index is 12.3. The van der Waals surface area contributed by atoms with Crippen LogP contribution >= 0.6 is 0 Å². The third-order valence-corrected chi connectivity index (χ3v) is 4.87. The molecule has 0 heterocycles. The molecule has 0 aliphatic carbocycles. The van der Waals surface area contributed by atoms with Crippen molar-refractivity contribution in [2.75, 3.05) is 19.0 Å². The fraction of sp³-hybridized carbons (Fsp3) is 0.235. The summed E-state index contributed by atoms with van der Waals surface area (Å²) in [7, 11) is -2.27. The zero-order valence-corrected chi connectivity index (χ0v) is 14.7. The van der Waals surface area contributed by atoms with E-state index < -0.39 is 16.1 Å². The second-order valence-electron chi connectivity index (χ2n) is 5.35. The fourth-order valence-electron chi connectivity index (χ4n) is 2.16. The van der Waals surface area contributed by atoms with Crippen LogP contribution in [-0.2, 0) is 14.8 Å². The van der Waals surface area contributed by atoms with E-state index in [0.29, 0.717) is 17.0 Å². The number of rotatable bonds is 7. The van der Waals surface area contributed by atoms with Crippen molar-refractivity contribution in [3.8, 4) is 5.75 Å². The number of aliphatic hydroxyl groups is 1. The Morgan fingerprint density at radius 1 is 1.20 bits per heavy atom. The first kappa shape index (κ1) is 18.9. The van der Waals surface area contributed by atoms with Crippen molar-refractivity contribution < 1.29 is 23.1 Å². The quantitative estimate of drug-likeness (QED) is 0.693. The van der Waals surface area contributed by atoms with Gasteiger partial charge in [-0.05, 0) is 42.0 Å². The van der Waals surface area contributed by atoms with E-state index in [-0.39, 0.29) is 17.3 Å². The fourth-order valence-corrected chi connectivity index (χ4v) is 3.20. The molecule has 0 aliphatic rings. The van der Waals surface area contributed by atoms with Crippen molar-refractivity contribution >= 4 is 21.6 Å². The third kappa shape index (κ3) is 5.28. The second kappa shape index (κ2) is 8.11. The van der Waals surface area contributed by atoms with Crippen LogP contribution in [0.15, 0.2) is 53.4 Å². The number of amides is 1. The van der Waals surface area contributed by atoms with Gasteiger partial charge in [0.2, 0.25) is 15.9 Å². The van der Waals surface area contributed by atoms with Crippen LogP contribution in [0, 0.1) is 0 Å². The number of benzene rings is 2. The van der Waals surface area contributed by atoms with Gasteiger partial charge in [0.1, 0.15) is 5.75 Å². The van der Waals surface area contributed by atoms with Gasteiger partial charge >= 0.3 is 0 Å². The minimum atomic E-state index is -3.78. The highest BCUT2D eigenvalue weighted by Crippen LogP contribution is 2.19. The number of methoxy groups -OCH3 is 1. The zero-order valence-electron chi connectivity index (χ0n) is 13.9. The van der Waals surface area contributed by atoms with Gasteiger partial charge in [-0.15, -0.1) is 0 Å². The minimum Gasteiger partial charge on any atom is -0.497 e. The first-order valence-electron chi connectivity index (χ1n) is 7.51. The summed E-state index contributed by atoms with van der Waals surface area (Å²) in [5, 5.41) is 12.7. The highest BCUT2D eigenvalue weighted by atomic mass is 32.2. The van der Waals surface area contributed by atoms with E-state index in [9.17, 15) is 18.3 Å². The van der Waals surface area contributed by atoms with Gasteiger partial charge in [0, 0.05) is 19.2 Å². The van der Waals surface area contributed by atoms with E-state index in [2.05, 4.69) is 10.0 Å². The largest absolute Gasteiger partial charge is 0.497 e. The Bertz CT molecular complexity index is 834. The van der Waals surface area contributed by atoms with Gasteiger partial charge in [0.15, 0.2) is 0 Å². The summed E-state index contributed by atoms with van der Waals surface area (Å²) in [6.45, 7) is 1.19. The van der Waals surface area contributed by atoms with E-state index in [1.807, 2.05) is 0 Å². The molecule has 2 aromatic rings. The van der Waals surface area contributed by atoms with Crippen molar-refractivity contribution in [2.24, 2.45) is 0 Å². The van der Waals surface area contributed by atoms with E-state index in [4.69, 9.17) is 4.74 Å². The topological polar surface area (TPSA) is 105 Å². The summed E-state index contributed by atoms with van der Waals surface area (Å²) in [6.07, 6.45) is -1.01. The number of nitrogens with one attached hydrogen (secondary N) is 2. The van der Waals surface area contributed by atoms with Crippen molar-refractivity contribution in [3.05, 3.63) is 54.1 Å². The summed E-state index contributed by atoms with van der Waals surface area (Å²) in [4.78, 5) is 11.0. The van der Waals surface area contributed by atoms with Gasteiger partial charge in [-0.25, -0.2) is 13.1 Å². The minimum absolute atomic E-state index is 0.0412. The maximum Gasteiger partial charge on any atom is 0.240 e. The molecule has 0 aliphatic heterocycles. The molecule has 8 heteroatoms. The van der Waals surface area contributed by atoms with Gasteiger partial charge in [0.05, 0.1) is 18.1 Å². The Hall–Kier alpha value is -2.42. The molecule has 0 radical (unpaired) electrons. The lowest BCUT2D eigenvalue weighted by atomic mass is 10.1. The molecule has 1 unspecified atom stereocenters. The second-order valence-corrected chi connectivity index (χ2v) is 7.12. The summed E-state index contributed by atoms with van der Waals surface area (Å²) < 4.78 is 32.0.